The molecule has 2 rings (SSSR count). The highest BCUT2D eigenvalue weighted by Crippen LogP contribution is 2.27. The van der Waals surface area contributed by atoms with Crippen LogP contribution in [-0.2, 0) is 20.2 Å². The number of anilines is 1. The van der Waals surface area contributed by atoms with Crippen molar-refractivity contribution < 1.29 is 26.7 Å². The summed E-state index contributed by atoms with van der Waals surface area (Å²) >= 11 is 0. The second kappa shape index (κ2) is 8.99. The van der Waals surface area contributed by atoms with Gasteiger partial charge in [0.2, 0.25) is 10.0 Å². The van der Waals surface area contributed by atoms with Crippen LogP contribution in [0.5, 0.6) is 5.75 Å². The van der Waals surface area contributed by atoms with Crippen molar-refractivity contribution in [2.75, 3.05) is 17.6 Å². The van der Waals surface area contributed by atoms with Gasteiger partial charge >= 0.3 is 0 Å². The molecule has 2 N–H and O–H groups in total. The molecule has 2 aromatic carbocycles. The Bertz CT molecular complexity index is 1030. The molecular weight excluding hydrogens is 414 g/mol. The molecule has 1 atom stereocenters. The van der Waals surface area contributed by atoms with Crippen molar-refractivity contribution in [2.45, 2.75) is 39.2 Å². The third-order valence-electron chi connectivity index (χ3n) is 4.28. The van der Waals surface area contributed by atoms with Gasteiger partial charge in [0.1, 0.15) is 17.4 Å². The molecule has 0 radical (unpaired) electrons. The van der Waals surface area contributed by atoms with E-state index in [4.69, 9.17) is 4.74 Å². The Morgan fingerprint density at radius 2 is 1.77 bits per heavy atom. The summed E-state index contributed by atoms with van der Waals surface area (Å²) < 4.78 is 58.2. The summed E-state index contributed by atoms with van der Waals surface area (Å²) in [6.45, 7) is 7.00. The smallest absolute Gasteiger partial charge is 0.258 e. The summed E-state index contributed by atoms with van der Waals surface area (Å²) in [4.78, 5) is 12.1. The zero-order valence-corrected chi connectivity index (χ0v) is 18.4. The molecule has 9 heteroatoms. The number of sulfonamides is 1. The van der Waals surface area contributed by atoms with Crippen LogP contribution in [0.2, 0.25) is 0 Å². The average Bonchev–Trinajstić information content (AvgIpc) is 2.59. The first-order valence-corrected chi connectivity index (χ1v) is 11.1. The molecular formula is C21H26F2N2O4S. The fourth-order valence-electron chi connectivity index (χ4n) is 2.79. The van der Waals surface area contributed by atoms with Crippen LogP contribution in [0.4, 0.5) is 14.5 Å². The predicted molar refractivity (Wildman–Crippen MR) is 112 cm³/mol. The fourth-order valence-corrected chi connectivity index (χ4v) is 3.36. The van der Waals surface area contributed by atoms with Gasteiger partial charge in [-0.25, -0.2) is 17.2 Å². The predicted octanol–water partition coefficient (Wildman–Crippen LogP) is 3.89. The Kier molecular flexibility index (Phi) is 7.07. The van der Waals surface area contributed by atoms with E-state index >= 15 is 0 Å². The number of hydrogen-bond donors (Lipinski definition) is 2. The van der Waals surface area contributed by atoms with Gasteiger partial charge in [-0.15, -0.1) is 0 Å². The van der Waals surface area contributed by atoms with Crippen LogP contribution in [0.1, 0.15) is 44.9 Å². The van der Waals surface area contributed by atoms with E-state index in [1.54, 1.807) is 19.1 Å². The van der Waals surface area contributed by atoms with Gasteiger partial charge in [-0.2, -0.15) is 0 Å². The standard InChI is InChI=1S/C21H26F2N2O4S/c1-13(14-6-9-19(18(23)10-14)25-30(5,27)28)24-20(26)12-29-15-7-8-16(17(22)11-15)21(2,3)4/h6-11,13,25H,12H2,1-5H3,(H,24,26). The lowest BCUT2D eigenvalue weighted by molar-refractivity contribution is -0.123. The third kappa shape index (κ3) is 6.69. The Hall–Kier alpha value is -2.68. The molecule has 164 valence electrons. The van der Waals surface area contributed by atoms with E-state index in [-0.39, 0.29) is 23.5 Å². The molecule has 0 heterocycles. The molecule has 0 aliphatic heterocycles. The number of amides is 1. The lowest BCUT2D eigenvalue weighted by Crippen LogP contribution is -2.31. The van der Waals surface area contributed by atoms with Gasteiger partial charge in [-0.05, 0) is 41.7 Å². The first-order chi connectivity index (χ1) is 13.8. The van der Waals surface area contributed by atoms with Crippen molar-refractivity contribution in [3.63, 3.8) is 0 Å². The monoisotopic (exact) mass is 440 g/mol. The molecule has 1 amide bonds. The van der Waals surface area contributed by atoms with Crippen LogP contribution < -0.4 is 14.8 Å². The molecule has 0 aliphatic carbocycles. The first-order valence-electron chi connectivity index (χ1n) is 9.25. The number of halogens is 2. The van der Waals surface area contributed by atoms with Gasteiger partial charge in [-0.3, -0.25) is 9.52 Å². The van der Waals surface area contributed by atoms with Crippen molar-refractivity contribution in [3.8, 4) is 5.75 Å². The molecule has 0 aliphatic rings. The van der Waals surface area contributed by atoms with Gasteiger partial charge in [0, 0.05) is 6.07 Å². The molecule has 30 heavy (non-hydrogen) atoms. The van der Waals surface area contributed by atoms with Gasteiger partial charge in [0.05, 0.1) is 18.0 Å². The minimum Gasteiger partial charge on any atom is -0.484 e. The van der Waals surface area contributed by atoms with Crippen molar-refractivity contribution >= 4 is 21.6 Å². The normalized spacial score (nSPS) is 12.9. The summed E-state index contributed by atoms with van der Waals surface area (Å²) in [6, 6.07) is 7.83. The summed E-state index contributed by atoms with van der Waals surface area (Å²) in [5.41, 5.74) is 0.463. The number of carbonyl (C=O) groups is 1. The van der Waals surface area contributed by atoms with E-state index < -0.39 is 33.6 Å². The molecule has 0 fully saturated rings. The second-order valence-electron chi connectivity index (χ2n) is 8.08. The maximum absolute atomic E-state index is 14.2. The van der Waals surface area contributed by atoms with Gasteiger partial charge in [-0.1, -0.05) is 32.9 Å². The highest BCUT2D eigenvalue weighted by atomic mass is 32.2. The fraction of sp³-hybridized carbons (Fsp3) is 0.381. The molecule has 1 unspecified atom stereocenters. The molecule has 6 nitrogen and oxygen atoms in total. The van der Waals surface area contributed by atoms with Crippen LogP contribution in [0.15, 0.2) is 36.4 Å². The third-order valence-corrected chi connectivity index (χ3v) is 4.88. The number of ether oxygens (including phenoxy) is 1. The van der Waals surface area contributed by atoms with E-state index in [2.05, 4.69) is 10.0 Å². The Labute approximate surface area is 175 Å². The number of carbonyl (C=O) groups excluding carboxylic acids is 1. The Morgan fingerprint density at radius 3 is 2.30 bits per heavy atom. The molecule has 0 aromatic heterocycles. The second-order valence-corrected chi connectivity index (χ2v) is 9.83. The molecule has 0 saturated heterocycles. The number of rotatable bonds is 7. The maximum Gasteiger partial charge on any atom is 0.258 e. The number of hydrogen-bond acceptors (Lipinski definition) is 4. The van der Waals surface area contributed by atoms with Gasteiger partial charge < -0.3 is 10.1 Å². The molecule has 2 aromatic rings. The largest absolute Gasteiger partial charge is 0.484 e. The number of nitrogens with one attached hydrogen (secondary N) is 2. The van der Waals surface area contributed by atoms with Crippen LogP contribution >= 0.6 is 0 Å². The van der Waals surface area contributed by atoms with Gasteiger partial charge in [0.25, 0.3) is 5.91 Å². The average molecular weight is 441 g/mol. The highest BCUT2D eigenvalue weighted by molar-refractivity contribution is 7.92. The lowest BCUT2D eigenvalue weighted by atomic mass is 9.87. The molecule has 0 saturated carbocycles. The lowest BCUT2D eigenvalue weighted by Gasteiger charge is -2.20. The van der Waals surface area contributed by atoms with Crippen LogP contribution in [0.3, 0.4) is 0 Å². The maximum atomic E-state index is 14.2. The van der Waals surface area contributed by atoms with Crippen molar-refractivity contribution in [3.05, 3.63) is 59.2 Å². The summed E-state index contributed by atoms with van der Waals surface area (Å²) in [7, 11) is -3.60. The number of benzene rings is 2. The minimum atomic E-state index is -3.60. The van der Waals surface area contributed by atoms with E-state index in [9.17, 15) is 22.0 Å². The quantitative estimate of drug-likeness (QED) is 0.684. The van der Waals surface area contributed by atoms with Crippen LogP contribution in [0, 0.1) is 11.6 Å². The van der Waals surface area contributed by atoms with E-state index in [1.807, 2.05) is 20.8 Å². The zero-order valence-electron chi connectivity index (χ0n) is 17.5. The van der Waals surface area contributed by atoms with Crippen molar-refractivity contribution in [1.82, 2.24) is 5.32 Å². The minimum absolute atomic E-state index is 0.177. The van der Waals surface area contributed by atoms with E-state index in [0.717, 1.165) is 12.3 Å². The van der Waals surface area contributed by atoms with Crippen LogP contribution in [-0.4, -0.2) is 27.2 Å². The molecule has 0 bridgehead atoms. The highest BCUT2D eigenvalue weighted by Gasteiger charge is 2.19. The Balaban J connectivity index is 1.96. The van der Waals surface area contributed by atoms with Crippen LogP contribution in [0.25, 0.3) is 0 Å². The summed E-state index contributed by atoms with van der Waals surface area (Å²) in [6.07, 6.45) is 0.922. The summed E-state index contributed by atoms with van der Waals surface area (Å²) in [5, 5.41) is 2.65. The van der Waals surface area contributed by atoms with Crippen molar-refractivity contribution in [1.29, 1.82) is 0 Å². The van der Waals surface area contributed by atoms with Crippen molar-refractivity contribution in [2.24, 2.45) is 0 Å². The van der Waals surface area contributed by atoms with Gasteiger partial charge in [0.15, 0.2) is 6.61 Å². The summed E-state index contributed by atoms with van der Waals surface area (Å²) in [5.74, 6) is -1.41. The molecule has 0 spiro atoms. The van der Waals surface area contributed by atoms with E-state index in [0.29, 0.717) is 11.1 Å². The van der Waals surface area contributed by atoms with E-state index in [1.165, 1.54) is 18.2 Å². The first kappa shape index (κ1) is 23.6. The Morgan fingerprint density at radius 1 is 1.10 bits per heavy atom. The SMILES string of the molecule is CC(NC(=O)COc1ccc(C(C)(C)C)c(F)c1)c1ccc(NS(C)(=O)=O)c(F)c1. The topological polar surface area (TPSA) is 84.5 Å². The zero-order chi connectivity index (χ0) is 22.7.